The molecule has 8 heteroatoms. The lowest BCUT2D eigenvalue weighted by atomic mass is 10.1. The Morgan fingerprint density at radius 3 is 2.39 bits per heavy atom. The van der Waals surface area contributed by atoms with Gasteiger partial charge in [-0.25, -0.2) is 13.4 Å². The van der Waals surface area contributed by atoms with Crippen LogP contribution in [0, 0.1) is 0 Å². The number of aldehydes is 1. The van der Waals surface area contributed by atoms with E-state index < -0.39 is 22.0 Å². The van der Waals surface area contributed by atoms with Gasteiger partial charge < -0.3 is 10.1 Å². The molecule has 1 aromatic heterocycles. The lowest BCUT2D eigenvalue weighted by Crippen LogP contribution is -2.38. The number of rotatable bonds is 8. The average Bonchev–Trinajstić information content (AvgIpc) is 2.84. The van der Waals surface area contributed by atoms with Crippen molar-refractivity contribution in [1.29, 1.82) is 0 Å². The first-order chi connectivity index (χ1) is 16.0. The standard InChI is InChI=1S/C25H21N3O4S/c29-17-21(15-18-7-2-1-3-8-18)27-25(30)23-11-6-14-26-24(23)28-33(31,32)22-13-12-19-9-4-5-10-20(19)16-22/h1-14,16-17,21H,15H2,(H,26,28)(H,27,30). The van der Waals surface area contributed by atoms with E-state index in [1.165, 1.54) is 24.4 Å². The Hall–Kier alpha value is -4.04. The minimum absolute atomic E-state index is 0.0155. The first-order valence-electron chi connectivity index (χ1n) is 10.2. The van der Waals surface area contributed by atoms with E-state index in [-0.39, 0.29) is 16.3 Å². The molecule has 0 aliphatic rings. The molecular formula is C25H21N3O4S. The SMILES string of the molecule is O=CC(Cc1ccccc1)NC(=O)c1cccnc1NS(=O)(=O)c1ccc2ccccc2c1. The monoisotopic (exact) mass is 459 g/mol. The molecule has 4 rings (SSSR count). The number of anilines is 1. The molecular weight excluding hydrogens is 438 g/mol. The van der Waals surface area contributed by atoms with E-state index in [9.17, 15) is 18.0 Å². The van der Waals surface area contributed by atoms with Crippen molar-refractivity contribution < 1.29 is 18.0 Å². The molecule has 7 nitrogen and oxygen atoms in total. The number of hydrogen-bond acceptors (Lipinski definition) is 5. The summed E-state index contributed by atoms with van der Waals surface area (Å²) < 4.78 is 28.4. The highest BCUT2D eigenvalue weighted by molar-refractivity contribution is 7.92. The highest BCUT2D eigenvalue weighted by Gasteiger charge is 2.22. The Labute approximate surface area is 191 Å². The van der Waals surface area contributed by atoms with Crippen LogP contribution in [0.3, 0.4) is 0 Å². The first kappa shape index (κ1) is 22.2. The normalized spacial score (nSPS) is 12.1. The van der Waals surface area contributed by atoms with Crippen LogP contribution in [-0.2, 0) is 21.2 Å². The van der Waals surface area contributed by atoms with Gasteiger partial charge in [0.25, 0.3) is 15.9 Å². The van der Waals surface area contributed by atoms with Gasteiger partial charge in [0, 0.05) is 6.20 Å². The zero-order valence-electron chi connectivity index (χ0n) is 17.5. The second-order valence-electron chi connectivity index (χ2n) is 7.42. The van der Waals surface area contributed by atoms with Crippen LogP contribution in [0.4, 0.5) is 5.82 Å². The van der Waals surface area contributed by atoms with Gasteiger partial charge in [-0.3, -0.25) is 9.52 Å². The van der Waals surface area contributed by atoms with E-state index in [2.05, 4.69) is 15.0 Å². The van der Waals surface area contributed by atoms with Crippen LogP contribution in [-0.4, -0.2) is 31.6 Å². The molecule has 1 unspecified atom stereocenters. The number of sulfonamides is 1. The molecule has 0 radical (unpaired) electrons. The van der Waals surface area contributed by atoms with Crippen LogP contribution < -0.4 is 10.0 Å². The number of carbonyl (C=O) groups is 2. The number of benzene rings is 3. The zero-order chi connectivity index (χ0) is 23.3. The molecule has 3 aromatic carbocycles. The van der Waals surface area contributed by atoms with Gasteiger partial charge in [-0.15, -0.1) is 0 Å². The van der Waals surface area contributed by atoms with Crippen molar-refractivity contribution in [2.45, 2.75) is 17.4 Å². The van der Waals surface area contributed by atoms with Crippen molar-refractivity contribution in [2.75, 3.05) is 4.72 Å². The predicted molar refractivity (Wildman–Crippen MR) is 126 cm³/mol. The van der Waals surface area contributed by atoms with Gasteiger partial charge in [-0.1, -0.05) is 60.7 Å². The molecule has 0 saturated carbocycles. The Morgan fingerprint density at radius 1 is 0.909 bits per heavy atom. The molecule has 33 heavy (non-hydrogen) atoms. The van der Waals surface area contributed by atoms with Crippen molar-refractivity contribution in [1.82, 2.24) is 10.3 Å². The third-order valence-corrected chi connectivity index (χ3v) is 6.43. The molecule has 0 aliphatic heterocycles. The molecule has 166 valence electrons. The molecule has 0 spiro atoms. The number of pyridine rings is 1. The largest absolute Gasteiger partial charge is 0.342 e. The molecule has 4 aromatic rings. The average molecular weight is 460 g/mol. The minimum atomic E-state index is -4.01. The van der Waals surface area contributed by atoms with Crippen molar-refractivity contribution in [3.8, 4) is 0 Å². The maximum atomic E-state index is 13.0. The molecule has 1 amide bonds. The number of fused-ring (bicyclic) bond motifs is 1. The Balaban J connectivity index is 1.56. The van der Waals surface area contributed by atoms with Crippen molar-refractivity contribution in [3.63, 3.8) is 0 Å². The Bertz CT molecular complexity index is 1410. The van der Waals surface area contributed by atoms with Crippen molar-refractivity contribution in [3.05, 3.63) is 102 Å². The lowest BCUT2D eigenvalue weighted by Gasteiger charge is -2.15. The quantitative estimate of drug-likeness (QED) is 0.392. The summed E-state index contributed by atoms with van der Waals surface area (Å²) in [6.45, 7) is 0. The highest BCUT2D eigenvalue weighted by Crippen LogP contribution is 2.22. The second-order valence-corrected chi connectivity index (χ2v) is 9.10. The van der Waals surface area contributed by atoms with Crippen LogP contribution in [0.5, 0.6) is 0 Å². The molecule has 0 bridgehead atoms. The van der Waals surface area contributed by atoms with Crippen molar-refractivity contribution in [2.24, 2.45) is 0 Å². The van der Waals surface area contributed by atoms with Crippen LogP contribution in [0.2, 0.25) is 0 Å². The molecule has 0 fully saturated rings. The fraction of sp³-hybridized carbons (Fsp3) is 0.0800. The van der Waals surface area contributed by atoms with Crippen LogP contribution in [0.15, 0.2) is 96.0 Å². The van der Waals surface area contributed by atoms with Crippen LogP contribution in [0.25, 0.3) is 10.8 Å². The summed E-state index contributed by atoms with van der Waals surface area (Å²) in [5.74, 6) is -0.722. The highest BCUT2D eigenvalue weighted by atomic mass is 32.2. The third kappa shape index (κ3) is 5.24. The summed E-state index contributed by atoms with van der Waals surface area (Å²) in [6.07, 6.45) is 2.35. The van der Waals surface area contributed by atoms with Gasteiger partial charge in [0.1, 0.15) is 6.29 Å². The fourth-order valence-electron chi connectivity index (χ4n) is 3.44. The van der Waals surface area contributed by atoms with E-state index in [1.54, 1.807) is 12.1 Å². The fourth-order valence-corrected chi connectivity index (χ4v) is 4.50. The topological polar surface area (TPSA) is 105 Å². The summed E-state index contributed by atoms with van der Waals surface area (Å²) in [4.78, 5) is 28.5. The molecule has 0 aliphatic carbocycles. The maximum Gasteiger partial charge on any atom is 0.263 e. The number of nitrogens with zero attached hydrogens (tertiary/aromatic N) is 1. The summed E-state index contributed by atoms with van der Waals surface area (Å²) in [6, 6.07) is 23.6. The predicted octanol–water partition coefficient (Wildman–Crippen LogP) is 3.58. The van der Waals surface area contributed by atoms with Crippen LogP contribution >= 0.6 is 0 Å². The molecule has 1 atom stereocenters. The second kappa shape index (κ2) is 9.62. The minimum Gasteiger partial charge on any atom is -0.342 e. The lowest BCUT2D eigenvalue weighted by molar-refractivity contribution is -0.109. The van der Waals surface area contributed by atoms with E-state index >= 15 is 0 Å². The maximum absolute atomic E-state index is 13.0. The van der Waals surface area contributed by atoms with Gasteiger partial charge in [-0.2, -0.15) is 0 Å². The van der Waals surface area contributed by atoms with Gasteiger partial charge in [0.2, 0.25) is 0 Å². The summed E-state index contributed by atoms with van der Waals surface area (Å²) in [5, 5.41) is 4.32. The summed E-state index contributed by atoms with van der Waals surface area (Å²) >= 11 is 0. The molecule has 1 heterocycles. The van der Waals surface area contributed by atoms with E-state index in [1.807, 2.05) is 54.6 Å². The summed E-state index contributed by atoms with van der Waals surface area (Å²) in [5.41, 5.74) is 0.903. The number of carbonyl (C=O) groups excluding carboxylic acids is 2. The summed E-state index contributed by atoms with van der Waals surface area (Å²) in [7, 11) is -4.01. The first-order valence-corrected chi connectivity index (χ1v) is 11.7. The van der Waals surface area contributed by atoms with E-state index in [0.717, 1.165) is 16.3 Å². The number of amides is 1. The molecule has 0 saturated heterocycles. The van der Waals surface area contributed by atoms with Gasteiger partial charge in [0.05, 0.1) is 16.5 Å². The Morgan fingerprint density at radius 2 is 1.64 bits per heavy atom. The number of aromatic nitrogens is 1. The van der Waals surface area contributed by atoms with E-state index in [4.69, 9.17) is 0 Å². The third-order valence-electron chi connectivity index (χ3n) is 5.09. The van der Waals surface area contributed by atoms with Gasteiger partial charge in [-0.05, 0) is 47.0 Å². The Kier molecular flexibility index (Phi) is 6.46. The zero-order valence-corrected chi connectivity index (χ0v) is 18.3. The smallest absolute Gasteiger partial charge is 0.263 e. The number of nitrogens with one attached hydrogen (secondary N) is 2. The van der Waals surface area contributed by atoms with Crippen molar-refractivity contribution >= 4 is 38.8 Å². The van der Waals surface area contributed by atoms with E-state index in [0.29, 0.717) is 12.7 Å². The number of hydrogen-bond donors (Lipinski definition) is 2. The van der Waals surface area contributed by atoms with Gasteiger partial charge in [0.15, 0.2) is 5.82 Å². The van der Waals surface area contributed by atoms with Gasteiger partial charge >= 0.3 is 0 Å². The van der Waals surface area contributed by atoms with Crippen LogP contribution in [0.1, 0.15) is 15.9 Å². The molecule has 2 N–H and O–H groups in total.